The molecule has 1 unspecified atom stereocenters. The van der Waals surface area contributed by atoms with Crippen LogP contribution >= 0.6 is 11.6 Å². The van der Waals surface area contributed by atoms with E-state index in [1.165, 1.54) is 23.1 Å². The van der Waals surface area contributed by atoms with Crippen LogP contribution in [0.3, 0.4) is 0 Å². The summed E-state index contributed by atoms with van der Waals surface area (Å²) in [5, 5.41) is 22.6. The van der Waals surface area contributed by atoms with Crippen LogP contribution in [0.1, 0.15) is 59.1 Å². The lowest BCUT2D eigenvalue weighted by Crippen LogP contribution is -2.49. The first-order valence-corrected chi connectivity index (χ1v) is 16.1. The van der Waals surface area contributed by atoms with Crippen molar-refractivity contribution >= 4 is 47.0 Å². The van der Waals surface area contributed by atoms with Gasteiger partial charge in [0, 0.05) is 17.5 Å². The summed E-state index contributed by atoms with van der Waals surface area (Å²) in [6.45, 7) is 10.2. The summed E-state index contributed by atoms with van der Waals surface area (Å²) in [5.41, 5.74) is -0.0616. The van der Waals surface area contributed by atoms with E-state index in [1.807, 2.05) is 6.07 Å². The van der Waals surface area contributed by atoms with Crippen molar-refractivity contribution < 1.29 is 38.3 Å². The van der Waals surface area contributed by atoms with Crippen LogP contribution in [0.25, 0.3) is 0 Å². The quantitative estimate of drug-likeness (QED) is 0.101. The molecule has 0 aromatic heterocycles. The van der Waals surface area contributed by atoms with Crippen LogP contribution < -0.4 is 19.7 Å². The summed E-state index contributed by atoms with van der Waals surface area (Å²) >= 11 is 6.16. The Kier molecular flexibility index (Phi) is 11.6. The molecule has 0 spiro atoms. The number of carbonyl (C=O) groups is 3. The first kappa shape index (κ1) is 37.4. The van der Waals surface area contributed by atoms with E-state index >= 15 is 0 Å². The average Bonchev–Trinajstić information content (AvgIpc) is 3.00. The second kappa shape index (κ2) is 15.5. The number of benzene rings is 3. The van der Waals surface area contributed by atoms with Crippen LogP contribution in [0.4, 0.5) is 21.0 Å². The molecule has 0 saturated carbocycles. The number of carbonyl (C=O) groups excluding carboxylic acids is 3. The number of nitrogens with one attached hydrogen (secondary N) is 2. The Hall–Kier alpha value is -5.37. The Balaban J connectivity index is 1.43. The molecule has 1 heterocycles. The average molecular weight is 710 g/mol. The molecule has 3 aromatic rings. The van der Waals surface area contributed by atoms with Gasteiger partial charge in [0.25, 0.3) is 11.6 Å². The van der Waals surface area contributed by atoms with Gasteiger partial charge in [0.1, 0.15) is 17.0 Å². The number of ether oxygens (including phenoxy) is 4. The summed E-state index contributed by atoms with van der Waals surface area (Å²) in [6.07, 6.45) is -2.58. The summed E-state index contributed by atoms with van der Waals surface area (Å²) in [6, 6.07) is 17.8. The Labute approximate surface area is 294 Å². The molecule has 1 aliphatic heterocycles. The summed E-state index contributed by atoms with van der Waals surface area (Å²) in [7, 11) is 0. The summed E-state index contributed by atoms with van der Waals surface area (Å²) in [4.78, 5) is 52.3. The van der Waals surface area contributed by atoms with E-state index in [1.54, 1.807) is 84.0 Å². The number of guanidine groups is 1. The molecule has 0 radical (unpaired) electrons. The van der Waals surface area contributed by atoms with Gasteiger partial charge in [0.05, 0.1) is 36.4 Å². The molecule has 0 saturated heterocycles. The summed E-state index contributed by atoms with van der Waals surface area (Å²) < 4.78 is 22.5. The lowest BCUT2D eigenvalue weighted by molar-refractivity contribution is -0.384. The third-order valence-corrected chi connectivity index (χ3v) is 7.14. The number of rotatable bonds is 9. The first-order valence-electron chi connectivity index (χ1n) is 15.7. The molecule has 1 atom stereocenters. The molecule has 14 nitrogen and oxygen atoms in total. The van der Waals surface area contributed by atoms with Gasteiger partial charge in [-0.1, -0.05) is 35.9 Å². The van der Waals surface area contributed by atoms with Gasteiger partial charge >= 0.3 is 12.2 Å². The number of hydrogen-bond acceptors (Lipinski definition) is 10. The maximum Gasteiger partial charge on any atom is 0.417 e. The highest BCUT2D eigenvalue weighted by Crippen LogP contribution is 2.38. The minimum atomic E-state index is -0.978. The predicted octanol–water partition coefficient (Wildman–Crippen LogP) is 7.21. The van der Waals surface area contributed by atoms with Crippen molar-refractivity contribution in [3.63, 3.8) is 0 Å². The molecule has 0 fully saturated rings. The molecule has 2 N–H and O–H groups in total. The van der Waals surface area contributed by atoms with Gasteiger partial charge in [-0.25, -0.2) is 14.5 Å². The largest absolute Gasteiger partial charge is 0.493 e. The fraction of sp³-hybridized carbons (Fsp3) is 0.371. The van der Waals surface area contributed by atoms with Crippen molar-refractivity contribution in [2.45, 2.75) is 78.4 Å². The molecule has 3 aromatic carbocycles. The molecule has 1 aliphatic rings. The third kappa shape index (κ3) is 10.6. The third-order valence-electron chi connectivity index (χ3n) is 6.90. The zero-order valence-electron chi connectivity index (χ0n) is 28.7. The van der Waals surface area contributed by atoms with Crippen molar-refractivity contribution in [1.29, 1.82) is 5.41 Å². The van der Waals surface area contributed by atoms with Crippen LogP contribution in [0.15, 0.2) is 66.7 Å². The van der Waals surface area contributed by atoms with E-state index in [2.05, 4.69) is 5.32 Å². The highest BCUT2D eigenvalue weighted by molar-refractivity contribution is 6.30. The molecule has 0 aliphatic carbocycles. The molecule has 266 valence electrons. The lowest BCUT2D eigenvalue weighted by Gasteiger charge is -2.34. The molecule has 4 rings (SSSR count). The Bertz CT molecular complexity index is 1750. The number of anilines is 1. The first-order chi connectivity index (χ1) is 23.4. The topological polar surface area (TPSA) is 174 Å². The van der Waals surface area contributed by atoms with Gasteiger partial charge in [0.15, 0.2) is 11.9 Å². The van der Waals surface area contributed by atoms with E-state index in [0.717, 1.165) is 10.5 Å². The van der Waals surface area contributed by atoms with Crippen molar-refractivity contribution in [3.8, 4) is 11.5 Å². The minimum absolute atomic E-state index is 0.0690. The number of fused-ring (bicyclic) bond motifs is 1. The van der Waals surface area contributed by atoms with Crippen LogP contribution in [0, 0.1) is 15.5 Å². The maximum absolute atomic E-state index is 13.6. The highest BCUT2D eigenvalue weighted by Gasteiger charge is 2.35. The number of nitro benzene ring substituents is 1. The maximum atomic E-state index is 13.6. The fourth-order valence-electron chi connectivity index (χ4n) is 4.77. The number of non-ortho nitro benzene ring substituents is 1. The number of nitro groups is 1. The second-order valence-corrected chi connectivity index (χ2v) is 13.8. The van der Waals surface area contributed by atoms with Crippen LogP contribution in [0.2, 0.25) is 5.02 Å². The van der Waals surface area contributed by atoms with E-state index < -0.39 is 40.4 Å². The smallest absolute Gasteiger partial charge is 0.417 e. The Morgan fingerprint density at radius 2 is 1.68 bits per heavy atom. The van der Waals surface area contributed by atoms with Crippen molar-refractivity contribution in [3.05, 3.63) is 93.0 Å². The van der Waals surface area contributed by atoms with Gasteiger partial charge < -0.3 is 23.8 Å². The molecule has 50 heavy (non-hydrogen) atoms. The van der Waals surface area contributed by atoms with Crippen molar-refractivity contribution in [2.24, 2.45) is 0 Å². The van der Waals surface area contributed by atoms with Gasteiger partial charge in [0.2, 0.25) is 5.96 Å². The molecule has 0 bridgehead atoms. The monoisotopic (exact) mass is 709 g/mol. The van der Waals surface area contributed by atoms with Crippen molar-refractivity contribution in [2.75, 3.05) is 11.5 Å². The zero-order valence-corrected chi connectivity index (χ0v) is 29.4. The fourth-order valence-corrected chi connectivity index (χ4v) is 4.98. The van der Waals surface area contributed by atoms with Crippen molar-refractivity contribution in [1.82, 2.24) is 10.2 Å². The van der Waals surface area contributed by atoms with Crippen LogP contribution in [0.5, 0.6) is 11.5 Å². The summed E-state index contributed by atoms with van der Waals surface area (Å²) in [5.74, 6) is -0.205. The van der Waals surface area contributed by atoms with Gasteiger partial charge in [-0.05, 0) is 83.0 Å². The van der Waals surface area contributed by atoms with Crippen LogP contribution in [-0.2, 0) is 27.4 Å². The highest BCUT2D eigenvalue weighted by atomic mass is 35.5. The number of hydrogen-bond donors (Lipinski definition) is 2. The number of amides is 3. The zero-order chi connectivity index (χ0) is 36.8. The van der Waals surface area contributed by atoms with Crippen LogP contribution in [-0.4, -0.2) is 57.8 Å². The predicted molar refractivity (Wildman–Crippen MR) is 186 cm³/mol. The van der Waals surface area contributed by atoms with Gasteiger partial charge in [-0.3, -0.25) is 25.6 Å². The minimum Gasteiger partial charge on any atom is -0.493 e. The normalized spacial score (nSPS) is 14.2. The lowest BCUT2D eigenvalue weighted by atomic mass is 10.1. The van der Waals surface area contributed by atoms with E-state index in [0.29, 0.717) is 22.0 Å². The second-order valence-electron chi connectivity index (χ2n) is 13.4. The van der Waals surface area contributed by atoms with E-state index in [4.69, 9.17) is 36.0 Å². The number of alkyl carbamates (subject to hydrolysis) is 1. The number of nitrogens with zero attached hydrogens (tertiary/aromatic N) is 3. The number of halogens is 1. The van der Waals surface area contributed by atoms with E-state index in [-0.39, 0.29) is 43.5 Å². The molecular formula is C35H40ClN5O9. The van der Waals surface area contributed by atoms with Gasteiger partial charge in [-0.15, -0.1) is 0 Å². The van der Waals surface area contributed by atoms with E-state index in [9.17, 15) is 24.5 Å². The molecule has 15 heteroatoms. The Morgan fingerprint density at radius 3 is 2.30 bits per heavy atom. The Morgan fingerprint density at radius 1 is 1.00 bits per heavy atom. The SMILES string of the molecule is CC(C)(C)OC(=O)NC(=N)N(Cc1ccc(OCCC2Oc3cc([N+](=O)[O-])ccc3N(Cc3cccc(Cl)c3)C2=O)cc1)C(=O)OC(C)(C)C. The van der Waals surface area contributed by atoms with Gasteiger partial charge in [-0.2, -0.15) is 0 Å². The molecule has 3 amide bonds. The molecular weight excluding hydrogens is 670 g/mol. The standard InChI is InChI=1S/C35H40ClN5O9/c1-34(2,3)49-32(43)38-31(37)40(33(44)50-35(4,5)6)20-22-10-13-26(14-11-22)47-17-16-28-30(42)39(21-23-8-7-9-24(36)18-23)27-15-12-25(41(45)46)19-29(27)48-28/h7-15,18-19,28H,16-17,20-21H2,1-6H3,(H2,37,38,43).